The van der Waals surface area contributed by atoms with E-state index in [2.05, 4.69) is 10.6 Å². The van der Waals surface area contributed by atoms with E-state index in [9.17, 15) is 9.59 Å². The zero-order chi connectivity index (χ0) is 17.8. The van der Waals surface area contributed by atoms with Gasteiger partial charge in [-0.15, -0.1) is 0 Å². The van der Waals surface area contributed by atoms with Crippen LogP contribution in [0.5, 0.6) is 5.75 Å². The summed E-state index contributed by atoms with van der Waals surface area (Å²) >= 11 is 0. The first-order valence-electron chi connectivity index (χ1n) is 8.27. The van der Waals surface area contributed by atoms with Gasteiger partial charge in [0.25, 0.3) is 11.8 Å². The summed E-state index contributed by atoms with van der Waals surface area (Å²) in [6.45, 7) is 3.99. The number of anilines is 1. The lowest BCUT2D eigenvalue weighted by Gasteiger charge is -2.19. The van der Waals surface area contributed by atoms with Gasteiger partial charge in [-0.2, -0.15) is 0 Å². The summed E-state index contributed by atoms with van der Waals surface area (Å²) in [4.78, 5) is 24.2. The fraction of sp³-hybridized carbons (Fsp3) is 0.200. The Morgan fingerprint density at radius 1 is 1.20 bits per heavy atom. The maximum absolute atomic E-state index is 12.1. The van der Waals surface area contributed by atoms with E-state index in [1.165, 1.54) is 0 Å². The van der Waals surface area contributed by atoms with Crippen molar-refractivity contribution in [2.24, 2.45) is 0 Å². The predicted octanol–water partition coefficient (Wildman–Crippen LogP) is 3.59. The SMILES string of the molecule is CC[C@H](C)NC(=O)c1ccc(/C=C2\Oc3ccccc3NC2=O)cc1. The second kappa shape index (κ2) is 7.21. The van der Waals surface area contributed by atoms with Crippen molar-refractivity contribution < 1.29 is 14.3 Å². The van der Waals surface area contributed by atoms with Gasteiger partial charge in [-0.1, -0.05) is 31.2 Å². The Balaban J connectivity index is 1.76. The molecule has 1 aliphatic rings. The summed E-state index contributed by atoms with van der Waals surface area (Å²) in [7, 11) is 0. The first-order valence-corrected chi connectivity index (χ1v) is 8.27. The molecule has 0 radical (unpaired) electrons. The van der Waals surface area contributed by atoms with E-state index >= 15 is 0 Å². The molecule has 0 aliphatic carbocycles. The molecule has 2 aromatic carbocycles. The highest BCUT2D eigenvalue weighted by molar-refractivity contribution is 6.08. The Kier molecular flexibility index (Phi) is 4.84. The van der Waals surface area contributed by atoms with Crippen molar-refractivity contribution in [1.29, 1.82) is 0 Å². The molecule has 0 bridgehead atoms. The fourth-order valence-corrected chi connectivity index (χ4v) is 2.39. The van der Waals surface area contributed by atoms with Gasteiger partial charge in [-0.3, -0.25) is 9.59 Å². The molecule has 1 atom stereocenters. The van der Waals surface area contributed by atoms with E-state index in [1.54, 1.807) is 42.5 Å². The smallest absolute Gasteiger partial charge is 0.291 e. The number of amides is 2. The summed E-state index contributed by atoms with van der Waals surface area (Å²) in [5.41, 5.74) is 2.02. The molecule has 1 heterocycles. The molecule has 2 amide bonds. The molecule has 0 fully saturated rings. The van der Waals surface area contributed by atoms with Crippen LogP contribution in [-0.4, -0.2) is 17.9 Å². The van der Waals surface area contributed by atoms with Crippen LogP contribution in [0.15, 0.2) is 54.3 Å². The number of benzene rings is 2. The van der Waals surface area contributed by atoms with Gasteiger partial charge in [-0.05, 0) is 49.2 Å². The maximum atomic E-state index is 12.1. The predicted molar refractivity (Wildman–Crippen MR) is 97.3 cm³/mol. The van der Waals surface area contributed by atoms with Gasteiger partial charge < -0.3 is 15.4 Å². The average molecular weight is 336 g/mol. The molecule has 25 heavy (non-hydrogen) atoms. The van der Waals surface area contributed by atoms with Crippen molar-refractivity contribution in [2.45, 2.75) is 26.3 Å². The lowest BCUT2D eigenvalue weighted by Crippen LogP contribution is -2.31. The molecule has 5 nitrogen and oxygen atoms in total. The van der Waals surface area contributed by atoms with E-state index < -0.39 is 0 Å². The van der Waals surface area contributed by atoms with Crippen molar-refractivity contribution in [3.8, 4) is 5.75 Å². The molecule has 0 aromatic heterocycles. The molecule has 2 aromatic rings. The quantitative estimate of drug-likeness (QED) is 0.839. The number of hydrogen-bond donors (Lipinski definition) is 2. The molecular formula is C20H20N2O3. The van der Waals surface area contributed by atoms with Crippen LogP contribution < -0.4 is 15.4 Å². The van der Waals surface area contributed by atoms with E-state index in [0.29, 0.717) is 17.0 Å². The van der Waals surface area contributed by atoms with Gasteiger partial charge in [0.15, 0.2) is 11.5 Å². The van der Waals surface area contributed by atoms with Crippen LogP contribution in [0, 0.1) is 0 Å². The van der Waals surface area contributed by atoms with E-state index in [1.807, 2.05) is 26.0 Å². The second-order valence-electron chi connectivity index (χ2n) is 5.97. The summed E-state index contributed by atoms with van der Waals surface area (Å²) < 4.78 is 5.66. The minimum Gasteiger partial charge on any atom is -0.449 e. The number of nitrogens with one attached hydrogen (secondary N) is 2. The van der Waals surface area contributed by atoms with Gasteiger partial charge in [0.05, 0.1) is 5.69 Å². The number of para-hydroxylation sites is 2. The first kappa shape index (κ1) is 16.8. The Hall–Kier alpha value is -3.08. The molecule has 3 rings (SSSR count). The molecule has 0 spiro atoms. The molecule has 0 saturated carbocycles. The fourth-order valence-electron chi connectivity index (χ4n) is 2.39. The normalized spacial score (nSPS) is 15.8. The molecule has 0 saturated heterocycles. The van der Waals surface area contributed by atoms with Gasteiger partial charge in [0, 0.05) is 11.6 Å². The van der Waals surface area contributed by atoms with Crippen LogP contribution >= 0.6 is 0 Å². The topological polar surface area (TPSA) is 67.4 Å². The monoisotopic (exact) mass is 336 g/mol. The summed E-state index contributed by atoms with van der Waals surface area (Å²) in [6, 6.07) is 14.4. The number of carbonyl (C=O) groups is 2. The van der Waals surface area contributed by atoms with Crippen LogP contribution in [0.1, 0.15) is 36.2 Å². The van der Waals surface area contributed by atoms with Crippen LogP contribution in [0.3, 0.4) is 0 Å². The standard InChI is InChI=1S/C20H20N2O3/c1-3-13(2)21-19(23)15-10-8-14(9-11-15)12-18-20(24)22-16-6-4-5-7-17(16)25-18/h4-13H,3H2,1-2H3,(H,21,23)(H,22,24)/b18-12-/t13-/m0/s1. The Labute approximate surface area is 146 Å². The lowest BCUT2D eigenvalue weighted by atomic mass is 10.1. The van der Waals surface area contributed by atoms with Gasteiger partial charge in [-0.25, -0.2) is 0 Å². The number of fused-ring (bicyclic) bond motifs is 1. The van der Waals surface area contributed by atoms with Crippen LogP contribution in [0.4, 0.5) is 5.69 Å². The zero-order valence-corrected chi connectivity index (χ0v) is 14.2. The second-order valence-corrected chi connectivity index (χ2v) is 5.97. The summed E-state index contributed by atoms with van der Waals surface area (Å²) in [6.07, 6.45) is 2.53. The van der Waals surface area contributed by atoms with Gasteiger partial charge >= 0.3 is 0 Å². The Morgan fingerprint density at radius 2 is 1.92 bits per heavy atom. The third-order valence-corrected chi connectivity index (χ3v) is 4.04. The largest absolute Gasteiger partial charge is 0.449 e. The van der Waals surface area contributed by atoms with Crippen molar-refractivity contribution in [2.75, 3.05) is 5.32 Å². The molecule has 2 N–H and O–H groups in total. The molecule has 128 valence electrons. The molecule has 0 unspecified atom stereocenters. The molecular weight excluding hydrogens is 316 g/mol. The molecule has 1 aliphatic heterocycles. The van der Waals surface area contributed by atoms with Gasteiger partial charge in [0.1, 0.15) is 0 Å². The number of carbonyl (C=O) groups excluding carboxylic acids is 2. The number of rotatable bonds is 4. The first-order chi connectivity index (χ1) is 12.1. The van der Waals surface area contributed by atoms with Crippen LogP contribution in [0.25, 0.3) is 6.08 Å². The third kappa shape index (κ3) is 3.88. The van der Waals surface area contributed by atoms with E-state index in [0.717, 1.165) is 12.0 Å². The lowest BCUT2D eigenvalue weighted by molar-refractivity contribution is -0.115. The molecule has 5 heteroatoms. The maximum Gasteiger partial charge on any atom is 0.291 e. The highest BCUT2D eigenvalue weighted by atomic mass is 16.5. The van der Waals surface area contributed by atoms with E-state index in [4.69, 9.17) is 4.74 Å². The third-order valence-electron chi connectivity index (χ3n) is 4.04. The van der Waals surface area contributed by atoms with Crippen molar-refractivity contribution in [1.82, 2.24) is 5.32 Å². The van der Waals surface area contributed by atoms with Crippen molar-refractivity contribution in [3.05, 3.63) is 65.4 Å². The summed E-state index contributed by atoms with van der Waals surface area (Å²) in [5, 5.41) is 5.71. The zero-order valence-electron chi connectivity index (χ0n) is 14.2. The highest BCUT2D eigenvalue weighted by Gasteiger charge is 2.21. The van der Waals surface area contributed by atoms with E-state index in [-0.39, 0.29) is 23.6 Å². The minimum absolute atomic E-state index is 0.103. The van der Waals surface area contributed by atoms with Crippen LogP contribution in [-0.2, 0) is 4.79 Å². The number of hydrogen-bond acceptors (Lipinski definition) is 3. The van der Waals surface area contributed by atoms with Crippen molar-refractivity contribution >= 4 is 23.6 Å². The Morgan fingerprint density at radius 3 is 2.64 bits per heavy atom. The Bertz CT molecular complexity index is 825. The van der Waals surface area contributed by atoms with Gasteiger partial charge in [0.2, 0.25) is 0 Å². The minimum atomic E-state index is -0.294. The number of ether oxygens (including phenoxy) is 1. The average Bonchev–Trinajstić information content (AvgIpc) is 2.62. The van der Waals surface area contributed by atoms with Crippen molar-refractivity contribution in [3.63, 3.8) is 0 Å². The van der Waals surface area contributed by atoms with Crippen LogP contribution in [0.2, 0.25) is 0 Å². The highest BCUT2D eigenvalue weighted by Crippen LogP contribution is 2.30. The summed E-state index contributed by atoms with van der Waals surface area (Å²) in [5.74, 6) is 0.430.